The molecule has 40 heavy (non-hydrogen) atoms. The summed E-state index contributed by atoms with van der Waals surface area (Å²) in [5, 5.41) is 9.73. The molecule has 2 N–H and O–H groups in total. The van der Waals surface area contributed by atoms with Crippen LogP contribution in [0.15, 0.2) is 53.1 Å². The molecular formula is C28H27F3N4O5. The summed E-state index contributed by atoms with van der Waals surface area (Å²) in [6.07, 6.45) is -4.12. The van der Waals surface area contributed by atoms with Gasteiger partial charge in [-0.25, -0.2) is 14.6 Å². The predicted octanol–water partition coefficient (Wildman–Crippen LogP) is 6.26. The summed E-state index contributed by atoms with van der Waals surface area (Å²) in [6.45, 7) is 6.83. The Labute approximate surface area is 227 Å². The van der Waals surface area contributed by atoms with Crippen LogP contribution in [0, 0.1) is 0 Å². The van der Waals surface area contributed by atoms with Crippen LogP contribution in [0.5, 0.6) is 0 Å². The van der Waals surface area contributed by atoms with Crippen LogP contribution in [0.1, 0.15) is 36.8 Å². The maximum atomic E-state index is 13.5. The zero-order chi connectivity index (χ0) is 28.8. The van der Waals surface area contributed by atoms with Crippen molar-refractivity contribution in [2.75, 3.05) is 31.1 Å². The maximum Gasteiger partial charge on any atom is 0.418 e. The average molecular weight is 557 g/mol. The number of anilines is 1. The second kappa shape index (κ2) is 9.92. The Bertz CT molecular complexity index is 1570. The lowest BCUT2D eigenvalue weighted by Gasteiger charge is -2.46. The van der Waals surface area contributed by atoms with E-state index in [2.05, 4.69) is 14.9 Å². The lowest BCUT2D eigenvalue weighted by Crippen LogP contribution is -2.60. The van der Waals surface area contributed by atoms with Gasteiger partial charge in [-0.1, -0.05) is 0 Å². The molecule has 1 aliphatic rings. The average Bonchev–Trinajstić information content (AvgIpc) is 3.55. The van der Waals surface area contributed by atoms with Gasteiger partial charge in [0, 0.05) is 48.0 Å². The molecule has 0 bridgehead atoms. The van der Waals surface area contributed by atoms with Gasteiger partial charge in [0.1, 0.15) is 0 Å². The highest BCUT2D eigenvalue weighted by atomic mass is 19.4. The minimum Gasteiger partial charge on any atom is -0.465 e. The monoisotopic (exact) mass is 556 g/mol. The normalized spacial score (nSPS) is 15.4. The standard InChI is InChI=1S/C28H27F3N4O5/c1-4-39-25(36)22-23(16-5-7-17(8-6-16)34-13-14-35(26(37)38)27(2,3)15-34)40-24(33-22)19-9-10-20(28(29,30)31)21-18(19)11-12-32-21/h5-12,32H,4,13-15H2,1-3H3,(H,37,38). The van der Waals surface area contributed by atoms with Gasteiger partial charge in [-0.2, -0.15) is 13.2 Å². The van der Waals surface area contributed by atoms with Gasteiger partial charge in [0.25, 0.3) is 0 Å². The summed E-state index contributed by atoms with van der Waals surface area (Å²) < 4.78 is 51.8. The van der Waals surface area contributed by atoms with Crippen molar-refractivity contribution in [3.8, 4) is 22.8 Å². The van der Waals surface area contributed by atoms with Crippen molar-refractivity contribution < 1.29 is 37.0 Å². The van der Waals surface area contributed by atoms with Gasteiger partial charge in [0.05, 0.1) is 23.2 Å². The molecule has 0 atom stereocenters. The molecule has 2 aromatic carbocycles. The number of nitrogens with one attached hydrogen (secondary N) is 1. The number of hydrogen-bond acceptors (Lipinski definition) is 6. The Hall–Kier alpha value is -4.48. The zero-order valence-electron chi connectivity index (χ0n) is 22.0. The number of aromatic nitrogens is 2. The second-order valence-corrected chi connectivity index (χ2v) is 10.1. The fraction of sp³-hybridized carbons (Fsp3) is 0.321. The van der Waals surface area contributed by atoms with Gasteiger partial charge in [-0.3, -0.25) is 4.90 Å². The van der Waals surface area contributed by atoms with Gasteiger partial charge in [-0.05, 0) is 63.2 Å². The third-order valence-electron chi connectivity index (χ3n) is 6.98. The molecule has 0 unspecified atom stereocenters. The van der Waals surface area contributed by atoms with Crippen molar-refractivity contribution in [2.24, 2.45) is 0 Å². The molecule has 5 rings (SSSR count). The number of alkyl halides is 3. The smallest absolute Gasteiger partial charge is 0.418 e. The Morgan fingerprint density at radius 3 is 2.48 bits per heavy atom. The first-order valence-electron chi connectivity index (χ1n) is 12.6. The van der Waals surface area contributed by atoms with E-state index in [1.165, 1.54) is 23.2 Å². The van der Waals surface area contributed by atoms with E-state index in [0.717, 1.165) is 11.8 Å². The Kier molecular flexibility index (Phi) is 6.72. The van der Waals surface area contributed by atoms with Crippen LogP contribution < -0.4 is 4.90 Å². The van der Waals surface area contributed by atoms with Crippen molar-refractivity contribution in [3.63, 3.8) is 0 Å². The van der Waals surface area contributed by atoms with E-state index in [1.807, 2.05) is 26.0 Å². The highest BCUT2D eigenvalue weighted by molar-refractivity contribution is 5.98. The highest BCUT2D eigenvalue weighted by Gasteiger charge is 2.37. The van der Waals surface area contributed by atoms with E-state index in [-0.39, 0.29) is 40.4 Å². The number of carboxylic acid groups (broad SMARTS) is 1. The van der Waals surface area contributed by atoms with Crippen LogP contribution in [-0.4, -0.2) is 63.8 Å². The molecule has 0 saturated carbocycles. The summed E-state index contributed by atoms with van der Waals surface area (Å²) in [5.41, 5.74) is 0.0439. The topological polar surface area (TPSA) is 112 Å². The van der Waals surface area contributed by atoms with Crippen LogP contribution in [0.3, 0.4) is 0 Å². The molecule has 12 heteroatoms. The molecule has 9 nitrogen and oxygen atoms in total. The molecule has 1 saturated heterocycles. The number of halogens is 3. The molecule has 210 valence electrons. The summed E-state index contributed by atoms with van der Waals surface area (Å²) >= 11 is 0. The van der Waals surface area contributed by atoms with E-state index >= 15 is 0 Å². The molecule has 1 aliphatic heterocycles. The lowest BCUT2D eigenvalue weighted by molar-refractivity contribution is -0.136. The van der Waals surface area contributed by atoms with Crippen LogP contribution in [0.2, 0.25) is 0 Å². The Balaban J connectivity index is 1.51. The van der Waals surface area contributed by atoms with Crippen molar-refractivity contribution in [1.29, 1.82) is 0 Å². The van der Waals surface area contributed by atoms with Crippen LogP contribution in [-0.2, 0) is 10.9 Å². The quantitative estimate of drug-likeness (QED) is 0.279. The first-order valence-corrected chi connectivity index (χ1v) is 12.6. The van der Waals surface area contributed by atoms with E-state index in [1.54, 1.807) is 19.1 Å². The van der Waals surface area contributed by atoms with E-state index in [4.69, 9.17) is 9.15 Å². The number of benzene rings is 2. The molecule has 3 heterocycles. The number of fused-ring (bicyclic) bond motifs is 1. The van der Waals surface area contributed by atoms with E-state index < -0.39 is 29.3 Å². The molecular weight excluding hydrogens is 529 g/mol. The molecule has 0 spiro atoms. The van der Waals surface area contributed by atoms with Gasteiger partial charge in [0.2, 0.25) is 5.89 Å². The van der Waals surface area contributed by atoms with Crippen molar-refractivity contribution in [2.45, 2.75) is 32.5 Å². The number of amides is 1. The number of carbonyl (C=O) groups excluding carboxylic acids is 1. The van der Waals surface area contributed by atoms with Crippen LogP contribution in [0.25, 0.3) is 33.7 Å². The zero-order valence-corrected chi connectivity index (χ0v) is 22.0. The number of esters is 1. The van der Waals surface area contributed by atoms with Crippen molar-refractivity contribution in [1.82, 2.24) is 14.9 Å². The number of hydrogen-bond donors (Lipinski definition) is 2. The third-order valence-corrected chi connectivity index (χ3v) is 6.98. The summed E-state index contributed by atoms with van der Waals surface area (Å²) in [5.74, 6) is -0.619. The number of piperazine rings is 1. The SMILES string of the molecule is CCOC(=O)c1nc(-c2ccc(C(F)(F)F)c3[nH]ccc23)oc1-c1ccc(N2CCN(C(=O)O)C(C)(C)C2)cc1. The third kappa shape index (κ3) is 4.85. The van der Waals surface area contributed by atoms with Crippen molar-refractivity contribution in [3.05, 3.63) is 59.9 Å². The fourth-order valence-electron chi connectivity index (χ4n) is 5.10. The Morgan fingerprint density at radius 1 is 1.12 bits per heavy atom. The van der Waals surface area contributed by atoms with Crippen molar-refractivity contribution >= 4 is 28.7 Å². The molecule has 0 radical (unpaired) electrons. The largest absolute Gasteiger partial charge is 0.465 e. The van der Waals surface area contributed by atoms with Gasteiger partial charge in [0.15, 0.2) is 11.5 Å². The number of nitrogens with zero attached hydrogens (tertiary/aromatic N) is 3. The number of oxazole rings is 1. The van der Waals surface area contributed by atoms with Gasteiger partial charge in [-0.15, -0.1) is 0 Å². The van der Waals surface area contributed by atoms with Gasteiger partial charge < -0.3 is 24.1 Å². The lowest BCUT2D eigenvalue weighted by atomic mass is 9.98. The first-order chi connectivity index (χ1) is 18.9. The molecule has 2 aromatic heterocycles. The highest BCUT2D eigenvalue weighted by Crippen LogP contribution is 2.40. The molecule has 1 amide bonds. The van der Waals surface area contributed by atoms with E-state index in [0.29, 0.717) is 25.2 Å². The number of carbonyl (C=O) groups is 2. The summed E-state index contributed by atoms with van der Waals surface area (Å²) in [4.78, 5) is 34.8. The Morgan fingerprint density at radius 2 is 1.85 bits per heavy atom. The minimum absolute atomic E-state index is 0.0213. The fourth-order valence-corrected chi connectivity index (χ4v) is 5.10. The number of aromatic amines is 1. The predicted molar refractivity (Wildman–Crippen MR) is 141 cm³/mol. The second-order valence-electron chi connectivity index (χ2n) is 10.1. The number of rotatable bonds is 5. The summed E-state index contributed by atoms with van der Waals surface area (Å²) in [7, 11) is 0. The maximum absolute atomic E-state index is 13.5. The number of ether oxygens (including phenoxy) is 1. The molecule has 4 aromatic rings. The number of H-pyrrole nitrogens is 1. The van der Waals surface area contributed by atoms with Crippen LogP contribution >= 0.6 is 0 Å². The first kappa shape index (κ1) is 27.1. The minimum atomic E-state index is -4.56. The summed E-state index contributed by atoms with van der Waals surface area (Å²) in [6, 6.07) is 10.9. The van der Waals surface area contributed by atoms with E-state index in [9.17, 15) is 27.9 Å². The molecule has 1 fully saturated rings. The molecule has 0 aliphatic carbocycles. The van der Waals surface area contributed by atoms with Crippen LogP contribution in [0.4, 0.5) is 23.7 Å². The van der Waals surface area contributed by atoms with Gasteiger partial charge >= 0.3 is 18.2 Å².